The molecule has 0 saturated carbocycles. The molecule has 2 fully saturated rings. The highest BCUT2D eigenvalue weighted by Gasteiger charge is 2.57. The van der Waals surface area contributed by atoms with Crippen LogP contribution in [-0.4, -0.2) is 59.4 Å². The highest BCUT2D eigenvalue weighted by molar-refractivity contribution is 6.12. The first-order valence-corrected chi connectivity index (χ1v) is 12.6. The van der Waals surface area contributed by atoms with Crippen molar-refractivity contribution < 1.29 is 14.7 Å². The van der Waals surface area contributed by atoms with Gasteiger partial charge >= 0.3 is 0 Å². The first-order chi connectivity index (χ1) is 17.0. The summed E-state index contributed by atoms with van der Waals surface area (Å²) >= 11 is 0. The Balaban J connectivity index is 1.16. The van der Waals surface area contributed by atoms with Crippen molar-refractivity contribution in [3.8, 4) is 0 Å². The van der Waals surface area contributed by atoms with Crippen molar-refractivity contribution in [2.45, 2.75) is 42.9 Å². The molecule has 0 aromatic heterocycles. The zero-order valence-electron chi connectivity index (χ0n) is 19.9. The fourth-order valence-electron chi connectivity index (χ4n) is 7.22. The largest absolute Gasteiger partial charge is 0.386 e. The monoisotopic (exact) mass is 467 g/mol. The average molecular weight is 468 g/mol. The number of likely N-dealkylation sites (N-methyl/N-ethyl adjacent to an activating group) is 1. The number of aliphatic hydroxyl groups is 1. The van der Waals surface area contributed by atoms with Crippen LogP contribution in [0.25, 0.3) is 10.8 Å². The molecule has 2 amide bonds. The van der Waals surface area contributed by atoms with Crippen LogP contribution in [0.1, 0.15) is 48.1 Å². The summed E-state index contributed by atoms with van der Waals surface area (Å²) in [6.07, 6.45) is 1.40. The molecule has 6 heteroatoms. The first-order valence-electron chi connectivity index (χ1n) is 12.6. The minimum atomic E-state index is -0.751. The van der Waals surface area contributed by atoms with Crippen molar-refractivity contribution in [2.75, 3.05) is 31.6 Å². The highest BCUT2D eigenvalue weighted by atomic mass is 16.3. The highest BCUT2D eigenvalue weighted by Crippen LogP contribution is 2.51. The fourth-order valence-corrected chi connectivity index (χ4v) is 7.22. The Morgan fingerprint density at radius 1 is 0.914 bits per heavy atom. The molecule has 1 aliphatic carbocycles. The molecule has 3 aromatic carbocycles. The number of nitrogens with zero attached hydrogens (tertiary/aromatic N) is 3. The molecule has 2 saturated heterocycles. The van der Waals surface area contributed by atoms with E-state index in [1.165, 1.54) is 16.3 Å². The van der Waals surface area contributed by atoms with Gasteiger partial charge in [-0.25, -0.2) is 0 Å². The van der Waals surface area contributed by atoms with Gasteiger partial charge in [0.05, 0.1) is 12.1 Å². The van der Waals surface area contributed by atoms with Crippen LogP contribution in [0.15, 0.2) is 60.7 Å². The van der Waals surface area contributed by atoms with E-state index in [0.717, 1.165) is 42.7 Å². The van der Waals surface area contributed by atoms with Gasteiger partial charge in [0.2, 0.25) is 11.8 Å². The van der Waals surface area contributed by atoms with Gasteiger partial charge in [-0.05, 0) is 46.4 Å². The van der Waals surface area contributed by atoms with Crippen LogP contribution >= 0.6 is 0 Å². The molecule has 1 unspecified atom stereocenters. The van der Waals surface area contributed by atoms with Gasteiger partial charge in [0.1, 0.15) is 5.41 Å². The number of hydrogen-bond donors (Lipinski definition) is 1. The molecule has 3 atom stereocenters. The van der Waals surface area contributed by atoms with Gasteiger partial charge in [-0.1, -0.05) is 54.6 Å². The fraction of sp³-hybridized carbons (Fsp3) is 0.379. The Labute approximate surface area is 204 Å². The molecular weight excluding hydrogens is 438 g/mol. The number of carbonyl (C=O) groups is 2. The van der Waals surface area contributed by atoms with Crippen LogP contribution in [0.5, 0.6) is 0 Å². The van der Waals surface area contributed by atoms with Crippen LogP contribution in [-0.2, 0) is 15.0 Å². The molecule has 35 heavy (non-hydrogen) atoms. The maximum Gasteiger partial charge on any atom is 0.240 e. The van der Waals surface area contributed by atoms with Crippen LogP contribution < -0.4 is 4.90 Å². The molecule has 3 aliphatic heterocycles. The van der Waals surface area contributed by atoms with Crippen molar-refractivity contribution in [2.24, 2.45) is 0 Å². The number of amides is 2. The Morgan fingerprint density at radius 2 is 1.63 bits per heavy atom. The molecule has 4 aliphatic rings. The van der Waals surface area contributed by atoms with Crippen LogP contribution in [0.2, 0.25) is 0 Å². The summed E-state index contributed by atoms with van der Waals surface area (Å²) < 4.78 is 0. The van der Waals surface area contributed by atoms with E-state index >= 15 is 0 Å². The van der Waals surface area contributed by atoms with E-state index in [2.05, 4.69) is 29.2 Å². The van der Waals surface area contributed by atoms with Crippen molar-refractivity contribution >= 4 is 28.3 Å². The lowest BCUT2D eigenvalue weighted by molar-refractivity contribution is -0.128. The van der Waals surface area contributed by atoms with Gasteiger partial charge in [0, 0.05) is 44.8 Å². The number of carbonyl (C=O) groups excluding carboxylic acids is 2. The molecule has 178 valence electrons. The summed E-state index contributed by atoms with van der Waals surface area (Å²) in [7, 11) is 1.79. The molecule has 3 heterocycles. The van der Waals surface area contributed by atoms with Crippen molar-refractivity contribution in [3.05, 3.63) is 77.4 Å². The summed E-state index contributed by atoms with van der Waals surface area (Å²) in [4.78, 5) is 32.5. The van der Waals surface area contributed by atoms with E-state index in [0.29, 0.717) is 6.54 Å². The Kier molecular flexibility index (Phi) is 4.45. The molecule has 0 radical (unpaired) electrons. The zero-order valence-corrected chi connectivity index (χ0v) is 19.9. The van der Waals surface area contributed by atoms with Crippen LogP contribution in [0.3, 0.4) is 0 Å². The van der Waals surface area contributed by atoms with Gasteiger partial charge in [0.25, 0.3) is 0 Å². The van der Waals surface area contributed by atoms with Gasteiger partial charge in [-0.3, -0.25) is 14.5 Å². The summed E-state index contributed by atoms with van der Waals surface area (Å²) in [5.74, 6) is 0.113. The van der Waals surface area contributed by atoms with E-state index in [-0.39, 0.29) is 30.3 Å². The number of anilines is 1. The molecule has 1 spiro atoms. The zero-order chi connectivity index (χ0) is 23.9. The van der Waals surface area contributed by atoms with Gasteiger partial charge in [-0.2, -0.15) is 0 Å². The van der Waals surface area contributed by atoms with Gasteiger partial charge in [0.15, 0.2) is 0 Å². The number of benzene rings is 3. The van der Waals surface area contributed by atoms with E-state index < -0.39 is 11.5 Å². The van der Waals surface area contributed by atoms with Crippen molar-refractivity contribution in [3.63, 3.8) is 0 Å². The molecule has 6 nitrogen and oxygen atoms in total. The summed E-state index contributed by atoms with van der Waals surface area (Å²) in [6, 6.07) is 20.6. The van der Waals surface area contributed by atoms with Crippen LogP contribution in [0, 0.1) is 0 Å². The Morgan fingerprint density at radius 3 is 2.34 bits per heavy atom. The lowest BCUT2D eigenvalue weighted by atomic mass is 9.81. The number of aliphatic hydroxyl groups excluding tert-OH is 1. The summed E-state index contributed by atoms with van der Waals surface area (Å²) in [5.41, 5.74) is 3.44. The number of para-hydroxylation sites is 1. The standard InChI is InChI=1S/C29H29N3O3/c1-30-17-29(16-24(30)33)22-10-2-3-11-23(22)32(28(29)35)19-12-14-31(15-13-19)26-20-8-4-6-18-7-5-9-21(25(18)20)27(26)34/h2-11,19,26-27,34H,12-17H2,1H3/t26-,27-,29?/m0/s1. The predicted octanol–water partition coefficient (Wildman–Crippen LogP) is 3.54. The minimum Gasteiger partial charge on any atom is -0.386 e. The lowest BCUT2D eigenvalue weighted by Gasteiger charge is -2.41. The minimum absolute atomic E-state index is 0.0359. The second-order valence-electron chi connectivity index (χ2n) is 10.7. The molecule has 0 bridgehead atoms. The number of likely N-dealkylation sites (tertiary alicyclic amines) is 2. The third-order valence-electron chi connectivity index (χ3n) is 8.86. The topological polar surface area (TPSA) is 64.1 Å². The van der Waals surface area contributed by atoms with Crippen LogP contribution in [0.4, 0.5) is 5.69 Å². The third kappa shape index (κ3) is 2.78. The Hall–Kier alpha value is -3.22. The molecule has 3 aromatic rings. The average Bonchev–Trinajstić information content (AvgIpc) is 3.43. The molecular formula is C29H29N3O3. The molecule has 1 N–H and O–H groups in total. The first kappa shape index (κ1) is 21.1. The van der Waals surface area contributed by atoms with Gasteiger partial charge in [-0.15, -0.1) is 0 Å². The van der Waals surface area contributed by atoms with E-state index in [1.807, 2.05) is 41.3 Å². The smallest absolute Gasteiger partial charge is 0.240 e. The van der Waals surface area contributed by atoms with Gasteiger partial charge < -0.3 is 14.9 Å². The maximum atomic E-state index is 13.9. The van der Waals surface area contributed by atoms with E-state index in [9.17, 15) is 14.7 Å². The number of rotatable bonds is 2. The predicted molar refractivity (Wildman–Crippen MR) is 134 cm³/mol. The SMILES string of the molecule is CN1CC2(CC1=O)C(=O)N(C1CCN([C@H]3c4cccc5cccc(c45)[C@@H]3O)CC1)c1ccccc12. The maximum absolute atomic E-state index is 13.9. The van der Waals surface area contributed by atoms with Crippen molar-refractivity contribution in [1.82, 2.24) is 9.80 Å². The van der Waals surface area contributed by atoms with Crippen molar-refractivity contribution in [1.29, 1.82) is 0 Å². The van der Waals surface area contributed by atoms with E-state index in [4.69, 9.17) is 0 Å². The second kappa shape index (κ2) is 7.39. The summed E-state index contributed by atoms with van der Waals surface area (Å²) in [6.45, 7) is 2.08. The quantitative estimate of drug-likeness (QED) is 0.626. The molecule has 7 rings (SSSR count). The number of piperidine rings is 1. The third-order valence-corrected chi connectivity index (χ3v) is 8.86. The number of fused-ring (bicyclic) bond motifs is 2. The number of hydrogen-bond acceptors (Lipinski definition) is 4. The Bertz CT molecular complexity index is 1370. The summed E-state index contributed by atoms with van der Waals surface area (Å²) in [5, 5.41) is 13.6. The normalized spacial score (nSPS) is 28.6. The lowest BCUT2D eigenvalue weighted by Crippen LogP contribution is -2.51. The second-order valence-corrected chi connectivity index (χ2v) is 10.7. The van der Waals surface area contributed by atoms with E-state index in [1.54, 1.807) is 11.9 Å².